The second-order valence-electron chi connectivity index (χ2n) is 6.74. The molecule has 152 valence electrons. The number of halogens is 2. The average Bonchev–Trinajstić information content (AvgIpc) is 2.74. The minimum atomic E-state index is -4.63. The molecule has 0 aliphatic rings. The molecule has 1 heterocycles. The lowest BCUT2D eigenvalue weighted by Gasteiger charge is -2.11. The first-order chi connectivity index (χ1) is 14.3. The van der Waals surface area contributed by atoms with E-state index in [1.165, 1.54) is 12.1 Å². The number of hydrogen-bond donors (Lipinski definition) is 1. The van der Waals surface area contributed by atoms with Gasteiger partial charge in [0, 0.05) is 16.6 Å². The van der Waals surface area contributed by atoms with Crippen LogP contribution in [-0.4, -0.2) is 24.1 Å². The number of sulfone groups is 1. The number of fused-ring (bicyclic) bond motifs is 1. The molecule has 5 nitrogen and oxygen atoms in total. The van der Waals surface area contributed by atoms with E-state index in [1.54, 1.807) is 0 Å². The van der Waals surface area contributed by atoms with Gasteiger partial charge in [0.15, 0.2) is 0 Å². The molecule has 3 aromatic carbocycles. The zero-order valence-corrected chi connectivity index (χ0v) is 16.7. The summed E-state index contributed by atoms with van der Waals surface area (Å²) in [6.07, 6.45) is 0. The predicted molar refractivity (Wildman–Crippen MR) is 113 cm³/mol. The Hall–Kier alpha value is -3.39. The lowest BCUT2D eigenvalue weighted by molar-refractivity contribution is 0.234. The van der Waals surface area contributed by atoms with Gasteiger partial charge in [-0.05, 0) is 43.3 Å². The van der Waals surface area contributed by atoms with E-state index in [4.69, 9.17) is 0 Å². The molecule has 0 amide bonds. The summed E-state index contributed by atoms with van der Waals surface area (Å²) in [5, 5.41) is 3.93. The molecule has 1 N–H and O–H groups in total. The number of aryl methyl sites for hydroxylation is 1. The lowest BCUT2D eigenvalue weighted by Crippen LogP contribution is -2.11. The fourth-order valence-corrected chi connectivity index (χ4v) is 3.80. The molecule has 0 saturated heterocycles. The number of aromatic nitrogens is 2. The van der Waals surface area contributed by atoms with Gasteiger partial charge in [0.25, 0.3) is 0 Å². The monoisotopic (exact) mass is 425 g/mol. The Balaban J connectivity index is 1.74. The summed E-state index contributed by atoms with van der Waals surface area (Å²) < 4.78 is 48.6. The number of hydrogen-bond acceptors (Lipinski definition) is 5. The minimum Gasteiger partial charge on any atom is -0.324 e. The van der Waals surface area contributed by atoms with Gasteiger partial charge in [0.1, 0.15) is 0 Å². The van der Waals surface area contributed by atoms with Crippen molar-refractivity contribution in [1.29, 1.82) is 0 Å². The third-order valence-electron chi connectivity index (χ3n) is 4.57. The molecule has 0 atom stereocenters. The first-order valence-electron chi connectivity index (χ1n) is 9.07. The highest BCUT2D eigenvalue weighted by Crippen LogP contribution is 2.29. The maximum absolute atomic E-state index is 12.7. The number of anilines is 2. The maximum atomic E-state index is 12.7. The summed E-state index contributed by atoms with van der Waals surface area (Å²) in [6, 6.07) is 20.6. The first-order valence-corrected chi connectivity index (χ1v) is 10.6. The standard InChI is InChI=1S/C22H17F2N3O2S/c1-14-7-12-19-18(13-14)20(15-5-3-2-4-6-15)27-22(26-19)25-16-8-10-17(11-9-16)30(28,29)21(23)24/h2-13,21H,1H3,(H,25,26,27). The minimum absolute atomic E-state index is 0.315. The molecule has 4 rings (SSSR count). The van der Waals surface area contributed by atoms with Crippen LogP contribution in [0.1, 0.15) is 5.56 Å². The van der Waals surface area contributed by atoms with Crippen molar-refractivity contribution < 1.29 is 17.2 Å². The van der Waals surface area contributed by atoms with Crippen molar-refractivity contribution >= 4 is 32.4 Å². The number of benzene rings is 3. The second-order valence-corrected chi connectivity index (χ2v) is 8.66. The number of rotatable bonds is 5. The molecule has 4 aromatic rings. The highest BCUT2D eigenvalue weighted by molar-refractivity contribution is 7.91. The summed E-state index contributed by atoms with van der Waals surface area (Å²) >= 11 is 0. The van der Waals surface area contributed by atoms with E-state index in [1.807, 2.05) is 55.5 Å². The van der Waals surface area contributed by atoms with Crippen molar-refractivity contribution in [2.24, 2.45) is 0 Å². The third-order valence-corrected chi connectivity index (χ3v) is 5.97. The van der Waals surface area contributed by atoms with Crippen LogP contribution in [0.2, 0.25) is 0 Å². The van der Waals surface area contributed by atoms with Crippen LogP contribution in [-0.2, 0) is 9.84 Å². The number of alkyl halides is 2. The van der Waals surface area contributed by atoms with E-state index in [-0.39, 0.29) is 0 Å². The number of nitrogens with one attached hydrogen (secondary N) is 1. The molecule has 0 unspecified atom stereocenters. The molecule has 0 spiro atoms. The summed E-state index contributed by atoms with van der Waals surface area (Å²) in [5.74, 6) is -3.15. The van der Waals surface area contributed by atoms with Gasteiger partial charge >= 0.3 is 5.76 Å². The van der Waals surface area contributed by atoms with Crippen LogP contribution in [0.25, 0.3) is 22.2 Å². The summed E-state index contributed by atoms with van der Waals surface area (Å²) in [4.78, 5) is 8.74. The fourth-order valence-electron chi connectivity index (χ4n) is 3.07. The zero-order chi connectivity index (χ0) is 21.3. The van der Waals surface area contributed by atoms with Crippen LogP contribution >= 0.6 is 0 Å². The topological polar surface area (TPSA) is 72.0 Å². The van der Waals surface area contributed by atoms with Crippen LogP contribution in [0.4, 0.5) is 20.4 Å². The van der Waals surface area contributed by atoms with E-state index in [2.05, 4.69) is 15.3 Å². The van der Waals surface area contributed by atoms with E-state index >= 15 is 0 Å². The van der Waals surface area contributed by atoms with Gasteiger partial charge in [-0.25, -0.2) is 18.4 Å². The summed E-state index contributed by atoms with van der Waals surface area (Å²) in [5.41, 5.74) is 3.99. The van der Waals surface area contributed by atoms with Crippen molar-refractivity contribution in [3.05, 3.63) is 78.4 Å². The highest BCUT2D eigenvalue weighted by Gasteiger charge is 2.26. The van der Waals surface area contributed by atoms with Gasteiger partial charge in [-0.1, -0.05) is 42.0 Å². The summed E-state index contributed by atoms with van der Waals surface area (Å²) in [6.45, 7) is 2.00. The molecule has 0 aliphatic heterocycles. The molecule has 0 bridgehead atoms. The molecule has 8 heteroatoms. The lowest BCUT2D eigenvalue weighted by atomic mass is 10.0. The van der Waals surface area contributed by atoms with Gasteiger partial charge < -0.3 is 5.32 Å². The molecule has 0 saturated carbocycles. The zero-order valence-electron chi connectivity index (χ0n) is 15.9. The quantitative estimate of drug-likeness (QED) is 0.467. The fraction of sp³-hybridized carbons (Fsp3) is 0.0909. The van der Waals surface area contributed by atoms with Crippen molar-refractivity contribution in [3.63, 3.8) is 0 Å². The van der Waals surface area contributed by atoms with Crippen LogP contribution in [0.5, 0.6) is 0 Å². The van der Waals surface area contributed by atoms with Gasteiger partial charge in [-0.15, -0.1) is 0 Å². The van der Waals surface area contributed by atoms with E-state index in [0.29, 0.717) is 11.6 Å². The normalized spacial score (nSPS) is 11.7. The van der Waals surface area contributed by atoms with Crippen molar-refractivity contribution in [1.82, 2.24) is 9.97 Å². The van der Waals surface area contributed by atoms with Crippen LogP contribution in [0.15, 0.2) is 77.7 Å². The molecular weight excluding hydrogens is 408 g/mol. The predicted octanol–water partition coefficient (Wildman–Crippen LogP) is 5.35. The Morgan fingerprint density at radius 3 is 2.27 bits per heavy atom. The Bertz CT molecular complexity index is 1310. The van der Waals surface area contributed by atoms with Gasteiger partial charge in [-0.3, -0.25) is 0 Å². The molecule has 0 radical (unpaired) electrons. The second kappa shape index (κ2) is 7.79. The SMILES string of the molecule is Cc1ccc2nc(Nc3ccc(S(=O)(=O)C(F)F)cc3)nc(-c3ccccc3)c2c1. The van der Waals surface area contributed by atoms with Crippen LogP contribution in [0.3, 0.4) is 0 Å². The van der Waals surface area contributed by atoms with Gasteiger partial charge in [0.2, 0.25) is 15.8 Å². The van der Waals surface area contributed by atoms with E-state index in [0.717, 1.165) is 39.9 Å². The third kappa shape index (κ3) is 3.86. The number of nitrogens with zero attached hydrogens (tertiary/aromatic N) is 2. The average molecular weight is 425 g/mol. The van der Waals surface area contributed by atoms with Crippen LogP contribution in [0, 0.1) is 6.92 Å². The Labute approximate surface area is 172 Å². The maximum Gasteiger partial charge on any atom is 0.341 e. The molecule has 1 aromatic heterocycles. The largest absolute Gasteiger partial charge is 0.341 e. The van der Waals surface area contributed by atoms with Gasteiger partial charge in [-0.2, -0.15) is 8.78 Å². The smallest absolute Gasteiger partial charge is 0.324 e. The molecular formula is C22H17F2N3O2S. The van der Waals surface area contributed by atoms with Crippen molar-refractivity contribution in [3.8, 4) is 11.3 Å². The Morgan fingerprint density at radius 1 is 0.900 bits per heavy atom. The van der Waals surface area contributed by atoms with Crippen molar-refractivity contribution in [2.45, 2.75) is 17.6 Å². The Morgan fingerprint density at radius 2 is 1.60 bits per heavy atom. The Kier molecular flexibility index (Phi) is 5.17. The molecule has 0 fully saturated rings. The van der Waals surface area contributed by atoms with E-state index in [9.17, 15) is 17.2 Å². The molecule has 0 aliphatic carbocycles. The van der Waals surface area contributed by atoms with E-state index < -0.39 is 20.5 Å². The highest BCUT2D eigenvalue weighted by atomic mass is 32.2. The molecule has 30 heavy (non-hydrogen) atoms. The first kappa shape index (κ1) is 19.9. The van der Waals surface area contributed by atoms with Crippen LogP contribution < -0.4 is 5.32 Å². The van der Waals surface area contributed by atoms with Gasteiger partial charge in [0.05, 0.1) is 16.1 Å². The summed E-state index contributed by atoms with van der Waals surface area (Å²) in [7, 11) is -4.63. The van der Waals surface area contributed by atoms with Crippen molar-refractivity contribution in [2.75, 3.05) is 5.32 Å².